The summed E-state index contributed by atoms with van der Waals surface area (Å²) in [7, 11) is -3.61. The van der Waals surface area contributed by atoms with Crippen molar-refractivity contribution in [2.75, 3.05) is 29.6 Å². The van der Waals surface area contributed by atoms with Crippen LogP contribution in [0.2, 0.25) is 0 Å². The lowest BCUT2D eigenvalue weighted by Crippen LogP contribution is -2.34. The summed E-state index contributed by atoms with van der Waals surface area (Å²) >= 11 is 0. The Labute approximate surface area is 207 Å². The summed E-state index contributed by atoms with van der Waals surface area (Å²) in [5.41, 5.74) is -0.798. The third-order valence-corrected chi connectivity index (χ3v) is 6.97. The molecule has 0 saturated carbocycles. The number of hydrogen-bond acceptors (Lipinski definition) is 11. The molecule has 3 heterocycles. The van der Waals surface area contributed by atoms with Gasteiger partial charge in [0.15, 0.2) is 15.7 Å². The van der Waals surface area contributed by atoms with Gasteiger partial charge >= 0.3 is 5.69 Å². The van der Waals surface area contributed by atoms with Crippen LogP contribution in [-0.4, -0.2) is 52.8 Å². The largest absolute Gasteiger partial charge is 0.353 e. The molecule has 1 aliphatic rings. The van der Waals surface area contributed by atoms with E-state index in [4.69, 9.17) is 4.52 Å². The molecule has 1 N–H and O–H groups in total. The van der Waals surface area contributed by atoms with Crippen molar-refractivity contribution >= 4 is 32.8 Å². The molecule has 0 bridgehead atoms. The predicted octanol–water partition coefficient (Wildman–Crippen LogP) is 3.74. The SMILES string of the molecule is CC(C)(C)c1noc(C2CCN(c3ncnc(Nc4ccc(S(C)(=O)=O)cc4F)c3[N+](=O)[O-])CC2)n1. The summed E-state index contributed by atoms with van der Waals surface area (Å²) < 4.78 is 43.3. The van der Waals surface area contributed by atoms with Crippen LogP contribution in [0.4, 0.5) is 27.4 Å². The van der Waals surface area contributed by atoms with Gasteiger partial charge in [0.05, 0.1) is 15.5 Å². The van der Waals surface area contributed by atoms with Crippen LogP contribution < -0.4 is 10.2 Å². The first-order chi connectivity index (χ1) is 16.8. The zero-order valence-corrected chi connectivity index (χ0v) is 21.0. The van der Waals surface area contributed by atoms with E-state index in [2.05, 4.69) is 25.4 Å². The molecule has 1 saturated heterocycles. The number of sulfone groups is 1. The fraction of sp³-hybridized carbons (Fsp3) is 0.455. The van der Waals surface area contributed by atoms with Crippen molar-refractivity contribution in [1.82, 2.24) is 20.1 Å². The molecule has 14 heteroatoms. The Morgan fingerprint density at radius 3 is 2.47 bits per heavy atom. The molecule has 0 amide bonds. The van der Waals surface area contributed by atoms with Crippen molar-refractivity contribution in [2.45, 2.75) is 49.8 Å². The van der Waals surface area contributed by atoms with Crippen molar-refractivity contribution in [3.05, 3.63) is 52.2 Å². The van der Waals surface area contributed by atoms with Gasteiger partial charge in [0, 0.05) is 30.7 Å². The lowest BCUT2D eigenvalue weighted by atomic mass is 9.95. The molecule has 3 aromatic rings. The molecule has 2 aromatic heterocycles. The predicted molar refractivity (Wildman–Crippen MR) is 129 cm³/mol. The van der Waals surface area contributed by atoms with Crippen LogP contribution in [0, 0.1) is 15.9 Å². The second kappa shape index (κ2) is 9.41. The summed E-state index contributed by atoms with van der Waals surface area (Å²) in [6.07, 6.45) is 3.36. The number of anilines is 3. The second-order valence-electron chi connectivity index (χ2n) is 9.66. The van der Waals surface area contributed by atoms with Crippen molar-refractivity contribution in [3.8, 4) is 0 Å². The molecular formula is C22H26FN7O5S. The van der Waals surface area contributed by atoms with Gasteiger partial charge in [0.2, 0.25) is 17.5 Å². The number of rotatable bonds is 6. The smallest absolute Gasteiger partial charge is 0.351 e. The first-order valence-corrected chi connectivity index (χ1v) is 13.1. The molecule has 12 nitrogen and oxygen atoms in total. The normalized spacial score (nSPS) is 15.2. The van der Waals surface area contributed by atoms with Crippen LogP contribution in [0.5, 0.6) is 0 Å². The van der Waals surface area contributed by atoms with E-state index in [9.17, 15) is 22.9 Å². The van der Waals surface area contributed by atoms with E-state index in [1.54, 1.807) is 4.90 Å². The number of nitro groups is 1. The van der Waals surface area contributed by atoms with Crippen LogP contribution in [0.15, 0.2) is 33.9 Å². The van der Waals surface area contributed by atoms with E-state index < -0.39 is 26.3 Å². The molecule has 1 fully saturated rings. The quantitative estimate of drug-likeness (QED) is 0.373. The maximum absolute atomic E-state index is 14.6. The van der Waals surface area contributed by atoms with Gasteiger partial charge in [-0.3, -0.25) is 10.1 Å². The average molecular weight is 520 g/mol. The first kappa shape index (κ1) is 25.4. The zero-order valence-electron chi connectivity index (χ0n) is 20.2. The Bertz CT molecular complexity index is 1400. The molecule has 1 aliphatic heterocycles. The Hall–Kier alpha value is -3.68. The highest BCUT2D eigenvalue weighted by Gasteiger charge is 2.33. The van der Waals surface area contributed by atoms with Gasteiger partial charge in [0.1, 0.15) is 12.1 Å². The molecule has 0 radical (unpaired) electrons. The number of hydrogen-bond donors (Lipinski definition) is 1. The molecule has 0 aliphatic carbocycles. The highest BCUT2D eigenvalue weighted by atomic mass is 32.2. The maximum Gasteiger partial charge on any atom is 0.353 e. The van der Waals surface area contributed by atoms with Gasteiger partial charge in [0.25, 0.3) is 0 Å². The van der Waals surface area contributed by atoms with E-state index in [0.717, 1.165) is 18.6 Å². The summed E-state index contributed by atoms with van der Waals surface area (Å²) in [5, 5.41) is 18.7. The Balaban J connectivity index is 1.55. The maximum atomic E-state index is 14.6. The van der Waals surface area contributed by atoms with Crippen LogP contribution >= 0.6 is 0 Å². The first-order valence-electron chi connectivity index (χ1n) is 11.2. The molecule has 1 aromatic carbocycles. The molecule has 0 atom stereocenters. The third kappa shape index (κ3) is 5.27. The van der Waals surface area contributed by atoms with Crippen molar-refractivity contribution in [3.63, 3.8) is 0 Å². The van der Waals surface area contributed by atoms with Gasteiger partial charge in [-0.1, -0.05) is 25.9 Å². The lowest BCUT2D eigenvalue weighted by molar-refractivity contribution is -0.383. The van der Waals surface area contributed by atoms with Crippen LogP contribution in [-0.2, 0) is 15.3 Å². The average Bonchev–Trinajstić information content (AvgIpc) is 3.30. The monoisotopic (exact) mass is 519 g/mol. The van der Waals surface area contributed by atoms with Crippen LogP contribution in [0.1, 0.15) is 51.2 Å². The standard InChI is InChI=1S/C22H26FN7O5S/c1-22(2,3)21-27-20(35-28-21)13-7-9-29(10-8-13)19-17(30(31)32)18(24-12-25-19)26-16-6-5-14(11-15(16)23)36(4,33)34/h5-6,11-13H,7-10H2,1-4H3,(H,24,25,26). The number of benzene rings is 1. The minimum atomic E-state index is -3.61. The minimum absolute atomic E-state index is 0.0193. The van der Waals surface area contributed by atoms with Gasteiger partial charge in [-0.15, -0.1) is 0 Å². The summed E-state index contributed by atoms with van der Waals surface area (Å²) in [5.74, 6) is 0.203. The van der Waals surface area contributed by atoms with Crippen LogP contribution in [0.25, 0.3) is 0 Å². The van der Waals surface area contributed by atoms with E-state index in [-0.39, 0.29) is 33.6 Å². The second-order valence-corrected chi connectivity index (χ2v) is 11.7. The van der Waals surface area contributed by atoms with Gasteiger partial charge in [-0.25, -0.2) is 22.8 Å². The van der Waals surface area contributed by atoms with Crippen molar-refractivity contribution < 1.29 is 22.3 Å². The highest BCUT2D eigenvalue weighted by Crippen LogP contribution is 2.37. The number of nitrogens with zero attached hydrogens (tertiary/aromatic N) is 6. The van der Waals surface area contributed by atoms with Gasteiger partial charge in [-0.2, -0.15) is 4.98 Å². The number of halogens is 1. The van der Waals surface area contributed by atoms with Crippen LogP contribution in [0.3, 0.4) is 0 Å². The molecular weight excluding hydrogens is 493 g/mol. The minimum Gasteiger partial charge on any atom is -0.351 e. The topological polar surface area (TPSA) is 157 Å². The summed E-state index contributed by atoms with van der Waals surface area (Å²) in [6, 6.07) is 3.25. The molecule has 0 unspecified atom stereocenters. The van der Waals surface area contributed by atoms with Crippen molar-refractivity contribution in [1.29, 1.82) is 0 Å². The number of nitrogens with one attached hydrogen (secondary N) is 1. The number of piperidine rings is 1. The third-order valence-electron chi connectivity index (χ3n) is 5.86. The molecule has 36 heavy (non-hydrogen) atoms. The van der Waals surface area contributed by atoms with E-state index in [1.165, 1.54) is 12.1 Å². The van der Waals surface area contributed by atoms with E-state index in [0.29, 0.717) is 37.6 Å². The Morgan fingerprint density at radius 1 is 1.22 bits per heavy atom. The summed E-state index contributed by atoms with van der Waals surface area (Å²) in [4.78, 5) is 25.5. The number of aromatic nitrogens is 4. The lowest BCUT2D eigenvalue weighted by Gasteiger charge is -2.31. The molecule has 0 spiro atoms. The fourth-order valence-corrected chi connectivity index (χ4v) is 4.49. The molecule has 4 rings (SSSR count). The van der Waals surface area contributed by atoms with Gasteiger partial charge in [-0.05, 0) is 31.0 Å². The molecule has 192 valence electrons. The summed E-state index contributed by atoms with van der Waals surface area (Å²) in [6.45, 7) is 6.89. The Morgan fingerprint density at radius 2 is 1.92 bits per heavy atom. The van der Waals surface area contributed by atoms with Gasteiger partial charge < -0.3 is 14.7 Å². The highest BCUT2D eigenvalue weighted by molar-refractivity contribution is 7.90. The Kier molecular flexibility index (Phi) is 6.64. The van der Waals surface area contributed by atoms with E-state index in [1.807, 2.05) is 20.8 Å². The fourth-order valence-electron chi connectivity index (χ4n) is 3.86. The van der Waals surface area contributed by atoms with E-state index >= 15 is 0 Å². The van der Waals surface area contributed by atoms with Crippen molar-refractivity contribution in [2.24, 2.45) is 0 Å². The zero-order chi connectivity index (χ0) is 26.3.